The van der Waals surface area contributed by atoms with E-state index >= 15 is 0 Å². The molecule has 0 radical (unpaired) electrons. The van der Waals surface area contributed by atoms with E-state index < -0.39 is 0 Å². The normalized spacial score (nSPS) is 19.9. The molecule has 1 N–H and O–H groups in total. The van der Waals surface area contributed by atoms with Crippen molar-refractivity contribution >= 4 is 11.4 Å². The van der Waals surface area contributed by atoms with E-state index in [1.54, 1.807) is 6.92 Å². The van der Waals surface area contributed by atoms with E-state index in [0.29, 0.717) is 5.71 Å². The number of nitrogens with zero attached hydrogens (tertiary/aromatic N) is 1. The first-order valence-electron chi connectivity index (χ1n) is 5.53. The molecule has 1 aliphatic carbocycles. The van der Waals surface area contributed by atoms with Crippen LogP contribution in [-0.4, -0.2) is 18.5 Å². The Labute approximate surface area is 96.2 Å². The molecular weight excluding hydrogens is 196 g/mol. The van der Waals surface area contributed by atoms with E-state index in [2.05, 4.69) is 23.2 Å². The first-order valence-corrected chi connectivity index (χ1v) is 5.53. The second-order valence-electron chi connectivity index (χ2n) is 4.08. The van der Waals surface area contributed by atoms with E-state index in [1.165, 1.54) is 16.7 Å². The highest BCUT2D eigenvalue weighted by atomic mass is 14.7. The van der Waals surface area contributed by atoms with E-state index in [4.69, 9.17) is 5.41 Å². The molecule has 82 valence electrons. The van der Waals surface area contributed by atoms with Gasteiger partial charge in [-0.2, -0.15) is 0 Å². The van der Waals surface area contributed by atoms with Crippen molar-refractivity contribution in [3.63, 3.8) is 0 Å². The van der Waals surface area contributed by atoms with Crippen molar-refractivity contribution in [3.05, 3.63) is 47.0 Å². The van der Waals surface area contributed by atoms with Crippen molar-refractivity contribution in [2.45, 2.75) is 19.8 Å². The average molecular weight is 212 g/mol. The largest absolute Gasteiger partial charge is 0.306 e. The van der Waals surface area contributed by atoms with Gasteiger partial charge in [0.15, 0.2) is 0 Å². The molecule has 1 aliphatic rings. The van der Waals surface area contributed by atoms with Gasteiger partial charge in [-0.3, -0.25) is 4.99 Å². The van der Waals surface area contributed by atoms with Gasteiger partial charge in [0.1, 0.15) is 0 Å². The predicted molar refractivity (Wildman–Crippen MR) is 68.7 cm³/mol. The molecule has 2 nitrogen and oxygen atoms in total. The average Bonchev–Trinajstić information content (AvgIpc) is 2.28. The molecule has 0 unspecified atom stereocenters. The van der Waals surface area contributed by atoms with Crippen LogP contribution in [0.4, 0.5) is 0 Å². The van der Waals surface area contributed by atoms with Crippen LogP contribution in [0.15, 0.2) is 40.9 Å². The Kier molecular flexibility index (Phi) is 3.00. The monoisotopic (exact) mass is 212 g/mol. The van der Waals surface area contributed by atoms with Crippen LogP contribution in [0.5, 0.6) is 0 Å². The Morgan fingerprint density at radius 1 is 1.31 bits per heavy atom. The van der Waals surface area contributed by atoms with Crippen LogP contribution in [0.1, 0.15) is 24.5 Å². The molecule has 1 aromatic carbocycles. The predicted octanol–water partition coefficient (Wildman–Crippen LogP) is 3.02. The summed E-state index contributed by atoms with van der Waals surface area (Å²) in [6.45, 7) is 1.81. The Morgan fingerprint density at radius 3 is 2.75 bits per heavy atom. The number of aliphatic imine (C=N–C) groups is 1. The summed E-state index contributed by atoms with van der Waals surface area (Å²) in [5.74, 6) is 0. The smallest absolute Gasteiger partial charge is 0.0678 e. The fourth-order valence-electron chi connectivity index (χ4n) is 2.20. The zero-order valence-electron chi connectivity index (χ0n) is 9.75. The van der Waals surface area contributed by atoms with Crippen LogP contribution in [0.2, 0.25) is 0 Å². The van der Waals surface area contributed by atoms with Gasteiger partial charge >= 0.3 is 0 Å². The van der Waals surface area contributed by atoms with Crippen molar-refractivity contribution < 1.29 is 0 Å². The number of aryl methyl sites for hydroxylation is 1. The van der Waals surface area contributed by atoms with Gasteiger partial charge in [-0.15, -0.1) is 0 Å². The van der Waals surface area contributed by atoms with Gasteiger partial charge in [-0.05, 0) is 37.0 Å². The van der Waals surface area contributed by atoms with Crippen LogP contribution in [-0.2, 0) is 6.42 Å². The first kappa shape index (κ1) is 10.8. The molecule has 1 aromatic rings. The summed E-state index contributed by atoms with van der Waals surface area (Å²) in [5.41, 5.74) is 5.42. The van der Waals surface area contributed by atoms with Gasteiger partial charge in [0, 0.05) is 18.3 Å². The van der Waals surface area contributed by atoms with Gasteiger partial charge < -0.3 is 5.41 Å². The van der Waals surface area contributed by atoms with E-state index in [0.717, 1.165) is 18.6 Å². The van der Waals surface area contributed by atoms with Crippen LogP contribution < -0.4 is 0 Å². The van der Waals surface area contributed by atoms with Gasteiger partial charge in [0.25, 0.3) is 0 Å². The zero-order chi connectivity index (χ0) is 11.5. The molecule has 0 saturated heterocycles. The molecule has 2 rings (SSSR count). The molecule has 2 heteroatoms. The van der Waals surface area contributed by atoms with Crippen molar-refractivity contribution in [1.29, 1.82) is 5.41 Å². The Balaban J connectivity index is 2.50. The minimum absolute atomic E-state index is 0.593. The molecule has 0 amide bonds. The highest BCUT2D eigenvalue weighted by Crippen LogP contribution is 2.25. The van der Waals surface area contributed by atoms with Gasteiger partial charge in [0.05, 0.1) is 5.71 Å². The fourth-order valence-corrected chi connectivity index (χ4v) is 2.20. The Bertz CT molecular complexity index is 481. The van der Waals surface area contributed by atoms with Gasteiger partial charge in [-0.1, -0.05) is 24.3 Å². The lowest BCUT2D eigenvalue weighted by Crippen LogP contribution is -2.15. The summed E-state index contributed by atoms with van der Waals surface area (Å²) in [4.78, 5) is 4.38. The molecule has 0 saturated carbocycles. The minimum atomic E-state index is 0.593. The second kappa shape index (κ2) is 4.44. The lowest BCUT2D eigenvalue weighted by atomic mass is 9.85. The van der Waals surface area contributed by atoms with Crippen LogP contribution >= 0.6 is 0 Å². The fraction of sp³-hybridized carbons (Fsp3) is 0.286. The third kappa shape index (κ3) is 1.96. The lowest BCUT2D eigenvalue weighted by Gasteiger charge is -2.20. The molecule has 0 aliphatic heterocycles. The van der Waals surface area contributed by atoms with Crippen LogP contribution in [0.3, 0.4) is 0 Å². The molecule has 0 spiro atoms. The maximum Gasteiger partial charge on any atom is 0.0678 e. The van der Waals surface area contributed by atoms with Crippen LogP contribution in [0, 0.1) is 5.41 Å². The van der Waals surface area contributed by atoms with Gasteiger partial charge in [-0.25, -0.2) is 0 Å². The number of fused-ring (bicyclic) bond motifs is 1. The minimum Gasteiger partial charge on any atom is -0.306 e. The summed E-state index contributed by atoms with van der Waals surface area (Å²) in [7, 11) is 1.82. The highest BCUT2D eigenvalue weighted by Gasteiger charge is 2.18. The third-order valence-corrected chi connectivity index (χ3v) is 2.85. The topological polar surface area (TPSA) is 36.2 Å². The van der Waals surface area contributed by atoms with Crippen molar-refractivity contribution in [3.8, 4) is 0 Å². The maximum atomic E-state index is 7.55. The molecule has 16 heavy (non-hydrogen) atoms. The third-order valence-electron chi connectivity index (χ3n) is 2.85. The lowest BCUT2D eigenvalue weighted by molar-refractivity contribution is 0.949. The maximum absolute atomic E-state index is 7.55. The van der Waals surface area contributed by atoms with E-state index in [-0.39, 0.29) is 0 Å². The van der Waals surface area contributed by atoms with E-state index in [1.807, 2.05) is 19.2 Å². The second-order valence-corrected chi connectivity index (χ2v) is 4.08. The highest BCUT2D eigenvalue weighted by molar-refractivity contribution is 6.16. The van der Waals surface area contributed by atoms with Crippen LogP contribution in [0.25, 0.3) is 0 Å². The summed E-state index contributed by atoms with van der Waals surface area (Å²) >= 11 is 0. The Hall–Kier alpha value is -1.70. The number of hydrogen-bond acceptors (Lipinski definition) is 2. The van der Waals surface area contributed by atoms with Crippen molar-refractivity contribution in [2.75, 3.05) is 7.05 Å². The number of benzene rings is 1. The summed E-state index contributed by atoms with van der Waals surface area (Å²) < 4.78 is 0. The molecule has 0 fully saturated rings. The number of nitrogens with one attached hydrogen (secondary N) is 1. The molecule has 0 heterocycles. The van der Waals surface area contributed by atoms with E-state index in [9.17, 15) is 0 Å². The zero-order valence-corrected chi connectivity index (χ0v) is 9.75. The quantitative estimate of drug-likeness (QED) is 0.695. The molecule has 0 bridgehead atoms. The number of allylic oxidation sites excluding steroid dienone is 2. The summed E-state index contributed by atoms with van der Waals surface area (Å²) in [5, 5.41) is 7.55. The van der Waals surface area contributed by atoms with Crippen molar-refractivity contribution in [1.82, 2.24) is 0 Å². The molecular formula is C14H16N2. The van der Waals surface area contributed by atoms with Gasteiger partial charge in [0.2, 0.25) is 0 Å². The van der Waals surface area contributed by atoms with Crippen molar-refractivity contribution in [2.24, 2.45) is 4.99 Å². The Morgan fingerprint density at radius 2 is 2.06 bits per heavy atom. The molecule has 0 aromatic heterocycles. The summed E-state index contributed by atoms with van der Waals surface area (Å²) in [6, 6.07) is 8.39. The number of rotatable bonds is 1. The summed E-state index contributed by atoms with van der Waals surface area (Å²) in [6.07, 6.45) is 3.96. The SMILES string of the molecule is CN=C1/C(=C\C(C)=N)CCc2ccccc21. The number of hydrogen-bond donors (Lipinski definition) is 1. The standard InChI is InChI=1S/C14H16N2/c1-10(15)9-12-8-7-11-5-3-4-6-13(11)14(12)16-2/h3-6,9,15H,7-8H2,1-2H3/b12-9-,15-10?,16-14?. The molecule has 0 atom stereocenters. The first-order chi connectivity index (χ1) is 7.72.